The maximum Gasteiger partial charge on any atom is 0.214 e. The van der Waals surface area contributed by atoms with Crippen LogP contribution in [0, 0.1) is 11.2 Å². The minimum Gasteiger partial charge on any atom is -0.289 e. The van der Waals surface area contributed by atoms with E-state index in [4.69, 9.17) is 0 Å². The predicted molar refractivity (Wildman–Crippen MR) is 118 cm³/mol. The Balaban J connectivity index is 1.76. The van der Waals surface area contributed by atoms with Crippen LogP contribution < -0.4 is 0 Å². The Labute approximate surface area is 165 Å². The molecular formula is C25H19O2S+. The molecule has 2 nitrogen and oxygen atoms in total. The molecule has 0 fully saturated rings. The van der Waals surface area contributed by atoms with Crippen molar-refractivity contribution in [2.24, 2.45) is 0 Å². The van der Waals surface area contributed by atoms with E-state index in [1.165, 1.54) is 0 Å². The molecule has 0 aromatic heterocycles. The zero-order chi connectivity index (χ0) is 19.6. The largest absolute Gasteiger partial charge is 0.289 e. The lowest BCUT2D eigenvalue weighted by atomic mass is 9.95. The highest BCUT2D eigenvalue weighted by Gasteiger charge is 2.27. The van der Waals surface area contributed by atoms with Crippen LogP contribution in [0.5, 0.6) is 0 Å². The fraction of sp³-hybridized carbons (Fsp3) is 0.0800. The van der Waals surface area contributed by atoms with Gasteiger partial charge in [0.05, 0.1) is 0 Å². The molecule has 4 aromatic rings. The van der Waals surface area contributed by atoms with Gasteiger partial charge in [0.2, 0.25) is 5.78 Å². The van der Waals surface area contributed by atoms with Crippen molar-refractivity contribution in [3.05, 3.63) is 96.1 Å². The lowest BCUT2D eigenvalue weighted by molar-refractivity contribution is 0.102. The average molecular weight is 383 g/mol. The molecule has 136 valence electrons. The van der Waals surface area contributed by atoms with Crippen LogP contribution in [0.4, 0.5) is 0 Å². The topological polar surface area (TPSA) is 34.1 Å². The highest BCUT2D eigenvalue weighted by molar-refractivity contribution is 8.07. The van der Waals surface area contributed by atoms with E-state index in [0.717, 1.165) is 27.1 Å². The van der Waals surface area contributed by atoms with E-state index in [9.17, 15) is 9.00 Å². The summed E-state index contributed by atoms with van der Waals surface area (Å²) in [5, 5.41) is 6.61. The summed E-state index contributed by atoms with van der Waals surface area (Å²) in [5.41, 5.74) is 1.42. The average Bonchev–Trinajstić information content (AvgIpc) is 2.71. The molecule has 1 unspecified atom stereocenters. The van der Waals surface area contributed by atoms with Gasteiger partial charge in [-0.2, -0.15) is 0 Å². The van der Waals surface area contributed by atoms with Crippen molar-refractivity contribution in [2.75, 3.05) is 12.0 Å². The van der Waals surface area contributed by atoms with Crippen LogP contribution in [-0.2, 0) is 14.1 Å². The fourth-order valence-electron chi connectivity index (χ4n) is 3.36. The third-order valence-electron chi connectivity index (χ3n) is 4.64. The van der Waals surface area contributed by atoms with E-state index < -0.39 is 9.93 Å². The normalized spacial score (nSPS) is 12.9. The van der Waals surface area contributed by atoms with E-state index in [2.05, 4.69) is 17.2 Å². The second-order valence-corrected chi connectivity index (χ2v) is 9.36. The van der Waals surface area contributed by atoms with Gasteiger partial charge in [-0.05, 0) is 45.7 Å². The molecule has 0 N–H and O–H groups in total. The molecule has 0 saturated heterocycles. The Hall–Kier alpha value is -3.22. The zero-order valence-corrected chi connectivity index (χ0v) is 16.3. The van der Waals surface area contributed by atoms with Gasteiger partial charge in [-0.15, -0.1) is 0 Å². The highest BCUT2D eigenvalue weighted by Crippen LogP contribution is 2.29. The Kier molecular flexibility index (Phi) is 4.81. The van der Waals surface area contributed by atoms with Crippen molar-refractivity contribution in [3.63, 3.8) is 0 Å². The monoisotopic (exact) mass is 383 g/mol. The third kappa shape index (κ3) is 3.74. The van der Waals surface area contributed by atoms with Crippen LogP contribution >= 0.6 is 0 Å². The Morgan fingerprint density at radius 3 is 1.96 bits per heavy atom. The molecule has 0 saturated carbocycles. The number of hydrogen-bond donors (Lipinski definition) is 0. The number of carbonyl (C=O) groups excluding carboxylic acids is 1. The van der Waals surface area contributed by atoms with E-state index in [1.807, 2.05) is 78.9 Å². The molecule has 0 bridgehead atoms. The van der Waals surface area contributed by atoms with E-state index >= 15 is 0 Å². The first-order valence-electron chi connectivity index (χ1n) is 9.02. The Morgan fingerprint density at radius 1 is 0.821 bits per heavy atom. The first-order chi connectivity index (χ1) is 13.5. The first kappa shape index (κ1) is 18.2. The fourth-order valence-corrected chi connectivity index (χ4v) is 4.41. The molecule has 0 aliphatic rings. The highest BCUT2D eigenvalue weighted by atomic mass is 32.2. The summed E-state index contributed by atoms with van der Waals surface area (Å²) >= 11 is 0. The van der Waals surface area contributed by atoms with Crippen molar-refractivity contribution in [1.29, 1.82) is 0 Å². The van der Waals surface area contributed by atoms with Crippen LogP contribution in [0.3, 0.4) is 0 Å². The van der Waals surface area contributed by atoms with Gasteiger partial charge in [-0.1, -0.05) is 70.9 Å². The number of hydrogen-bond acceptors (Lipinski definition) is 2. The molecule has 28 heavy (non-hydrogen) atoms. The summed E-state index contributed by atoms with van der Waals surface area (Å²) in [6.07, 6.45) is 1.56. The maximum absolute atomic E-state index is 13.3. The Morgan fingerprint density at radius 2 is 1.36 bits per heavy atom. The first-order valence-corrected chi connectivity index (χ1v) is 11.2. The Bertz CT molecular complexity index is 1240. The van der Waals surface area contributed by atoms with Crippen LogP contribution in [0.25, 0.3) is 21.5 Å². The summed E-state index contributed by atoms with van der Waals surface area (Å²) in [4.78, 5) is 13.3. The molecule has 4 aromatic carbocycles. The minimum absolute atomic E-state index is 0.0924. The van der Waals surface area contributed by atoms with Crippen molar-refractivity contribution in [2.45, 2.75) is 0 Å². The van der Waals surface area contributed by atoms with Crippen molar-refractivity contribution >= 4 is 37.3 Å². The molecule has 4 rings (SSSR count). The van der Waals surface area contributed by atoms with Gasteiger partial charge >= 0.3 is 0 Å². The standard InChI is InChI=1S/C25H19O2S/c1-28(27,16-15-19-9-3-2-4-10-19)18-24(26)25-22-13-7-5-11-20(22)17-21-12-6-8-14-23(21)25/h2-14,17H,18H2,1H3/q+1. The van der Waals surface area contributed by atoms with E-state index in [0.29, 0.717) is 5.56 Å². The number of benzene rings is 4. The van der Waals surface area contributed by atoms with Gasteiger partial charge in [0.15, 0.2) is 20.9 Å². The summed E-state index contributed by atoms with van der Waals surface area (Å²) in [7, 11) is -2.63. The lowest BCUT2D eigenvalue weighted by Gasteiger charge is -2.10. The van der Waals surface area contributed by atoms with Gasteiger partial charge in [-0.3, -0.25) is 4.79 Å². The lowest BCUT2D eigenvalue weighted by Crippen LogP contribution is -2.20. The molecule has 1 atom stereocenters. The quantitative estimate of drug-likeness (QED) is 0.208. The second-order valence-electron chi connectivity index (χ2n) is 6.86. The zero-order valence-electron chi connectivity index (χ0n) is 15.5. The molecule has 3 heteroatoms. The van der Waals surface area contributed by atoms with Crippen LogP contribution in [0.2, 0.25) is 0 Å². The summed E-state index contributed by atoms with van der Waals surface area (Å²) in [6.45, 7) is 0. The van der Waals surface area contributed by atoms with E-state index in [-0.39, 0.29) is 11.5 Å². The van der Waals surface area contributed by atoms with E-state index in [1.54, 1.807) is 6.26 Å². The summed E-state index contributed by atoms with van der Waals surface area (Å²) in [6, 6.07) is 27.1. The number of carbonyl (C=O) groups is 1. The van der Waals surface area contributed by atoms with Gasteiger partial charge in [0.1, 0.15) is 6.26 Å². The molecule has 0 spiro atoms. The minimum atomic E-state index is -2.63. The van der Waals surface area contributed by atoms with Crippen LogP contribution in [-0.4, -0.2) is 17.8 Å². The van der Waals surface area contributed by atoms with Crippen LogP contribution in [0.1, 0.15) is 15.9 Å². The molecule has 0 aliphatic carbocycles. The van der Waals surface area contributed by atoms with Gasteiger partial charge in [0, 0.05) is 11.1 Å². The number of Topliss-reactive ketones (excluding diaryl/α,β-unsaturated/α-hetero) is 1. The number of ketones is 1. The van der Waals surface area contributed by atoms with Gasteiger partial charge in [0.25, 0.3) is 0 Å². The van der Waals surface area contributed by atoms with Crippen molar-refractivity contribution < 1.29 is 9.00 Å². The molecule has 0 amide bonds. The predicted octanol–water partition coefficient (Wildman–Crippen LogP) is 5.31. The number of rotatable bonds is 3. The molecule has 0 radical (unpaired) electrons. The SMILES string of the molecule is C[S+](=O)(C#Cc1ccccc1)CC(=O)c1c2ccccc2cc2ccccc12. The molecule has 0 heterocycles. The molecule has 0 aliphatic heterocycles. The van der Waals surface area contributed by atoms with Crippen molar-refractivity contribution in [3.8, 4) is 11.2 Å². The second kappa shape index (κ2) is 7.42. The smallest absolute Gasteiger partial charge is 0.214 e. The molecular weight excluding hydrogens is 364 g/mol. The third-order valence-corrected chi connectivity index (χ3v) is 5.99. The maximum atomic E-state index is 13.3. The van der Waals surface area contributed by atoms with Crippen molar-refractivity contribution in [1.82, 2.24) is 0 Å². The van der Waals surface area contributed by atoms with Gasteiger partial charge in [-0.25, -0.2) is 0 Å². The van der Waals surface area contributed by atoms with Gasteiger partial charge < -0.3 is 0 Å². The summed E-state index contributed by atoms with van der Waals surface area (Å²) in [5.74, 6) is 2.71. The summed E-state index contributed by atoms with van der Waals surface area (Å²) < 4.78 is 13.0. The number of fused-ring (bicyclic) bond motifs is 2. The van der Waals surface area contributed by atoms with Crippen LogP contribution in [0.15, 0.2) is 84.9 Å².